The Hall–Kier alpha value is -1.45. The number of hydrogen-bond donors (Lipinski definition) is 0. The molecule has 0 heterocycles. The molecule has 0 N–H and O–H groups in total. The third-order valence-electron chi connectivity index (χ3n) is 3.22. The van der Waals surface area contributed by atoms with Crippen LogP contribution < -0.4 is 9.47 Å². The van der Waals surface area contributed by atoms with Gasteiger partial charge >= 0.3 is 0 Å². The van der Waals surface area contributed by atoms with Crippen LogP contribution in [0.3, 0.4) is 0 Å². The van der Waals surface area contributed by atoms with E-state index in [1.165, 1.54) is 20.3 Å². The van der Waals surface area contributed by atoms with Gasteiger partial charge in [-0.25, -0.2) is 4.39 Å². The lowest BCUT2D eigenvalue weighted by Crippen LogP contribution is -2.02. The van der Waals surface area contributed by atoms with E-state index < -0.39 is 5.38 Å². The molecule has 0 aromatic heterocycles. The minimum absolute atomic E-state index is 0.315. The molecule has 0 saturated carbocycles. The van der Waals surface area contributed by atoms with E-state index in [4.69, 9.17) is 32.7 Å². The predicted molar refractivity (Wildman–Crippen MR) is 83.4 cm³/mol. The van der Waals surface area contributed by atoms with Crippen molar-refractivity contribution < 1.29 is 13.9 Å². The molecule has 0 aliphatic carbocycles. The summed E-state index contributed by atoms with van der Waals surface area (Å²) in [6.07, 6.45) is 0. The van der Waals surface area contributed by atoms with Crippen LogP contribution in [0, 0.1) is 12.7 Å². The van der Waals surface area contributed by atoms with Gasteiger partial charge in [0.25, 0.3) is 0 Å². The fourth-order valence-corrected chi connectivity index (χ4v) is 2.80. The molecular weight excluding hydrogens is 314 g/mol. The summed E-state index contributed by atoms with van der Waals surface area (Å²) in [5.74, 6) is 0.505. The Balaban J connectivity index is 2.52. The van der Waals surface area contributed by atoms with Gasteiger partial charge in [-0.1, -0.05) is 23.7 Å². The number of rotatable bonds is 4. The van der Waals surface area contributed by atoms with Gasteiger partial charge in [-0.2, -0.15) is 0 Å². The Kier molecular flexibility index (Phi) is 4.96. The molecule has 1 atom stereocenters. The van der Waals surface area contributed by atoms with Crippen molar-refractivity contribution in [3.05, 3.63) is 57.9 Å². The van der Waals surface area contributed by atoms with Crippen molar-refractivity contribution in [2.45, 2.75) is 12.3 Å². The molecule has 2 nitrogen and oxygen atoms in total. The van der Waals surface area contributed by atoms with Gasteiger partial charge in [0, 0.05) is 11.1 Å². The van der Waals surface area contributed by atoms with Crippen LogP contribution in [0.1, 0.15) is 22.1 Å². The van der Waals surface area contributed by atoms with Gasteiger partial charge in [-0.05, 0) is 30.7 Å². The summed E-state index contributed by atoms with van der Waals surface area (Å²) in [4.78, 5) is 0. The van der Waals surface area contributed by atoms with Gasteiger partial charge in [-0.3, -0.25) is 0 Å². The third-order valence-corrected chi connectivity index (χ3v) is 4.05. The first-order valence-electron chi connectivity index (χ1n) is 6.30. The van der Waals surface area contributed by atoms with Crippen molar-refractivity contribution >= 4 is 23.2 Å². The Morgan fingerprint density at radius 1 is 1.05 bits per heavy atom. The first-order valence-corrected chi connectivity index (χ1v) is 7.11. The molecule has 1 unspecified atom stereocenters. The maximum absolute atomic E-state index is 14.1. The molecule has 2 aromatic rings. The Morgan fingerprint density at radius 3 is 2.29 bits per heavy atom. The number of methoxy groups -OCH3 is 2. The van der Waals surface area contributed by atoms with Gasteiger partial charge < -0.3 is 9.47 Å². The zero-order valence-corrected chi connectivity index (χ0v) is 13.4. The molecule has 2 rings (SSSR count). The number of alkyl halides is 1. The summed E-state index contributed by atoms with van der Waals surface area (Å²) in [7, 11) is 3.00. The normalized spacial score (nSPS) is 12.1. The van der Waals surface area contributed by atoms with Crippen LogP contribution >= 0.6 is 23.2 Å². The van der Waals surface area contributed by atoms with Crippen LogP contribution in [0.2, 0.25) is 5.02 Å². The summed E-state index contributed by atoms with van der Waals surface area (Å²) in [5, 5.41) is -0.389. The molecule has 112 valence electrons. The summed E-state index contributed by atoms with van der Waals surface area (Å²) >= 11 is 12.6. The fourth-order valence-electron chi connectivity index (χ4n) is 2.12. The first kappa shape index (κ1) is 15.9. The molecular formula is C16H15Cl2FO2. The highest BCUT2D eigenvalue weighted by Gasteiger charge is 2.22. The van der Waals surface area contributed by atoms with Crippen molar-refractivity contribution in [3.8, 4) is 11.5 Å². The molecule has 21 heavy (non-hydrogen) atoms. The van der Waals surface area contributed by atoms with E-state index in [9.17, 15) is 4.39 Å². The van der Waals surface area contributed by atoms with Crippen LogP contribution in [-0.4, -0.2) is 14.2 Å². The molecule has 0 radical (unpaired) electrons. The van der Waals surface area contributed by atoms with E-state index >= 15 is 0 Å². The molecule has 0 spiro atoms. The SMILES string of the molecule is COc1ccc(C(Cl)c2ccc(C)cc2F)c(OC)c1Cl. The van der Waals surface area contributed by atoms with Gasteiger partial charge in [0.05, 0.1) is 19.6 Å². The Labute approximate surface area is 133 Å². The van der Waals surface area contributed by atoms with Crippen molar-refractivity contribution in [2.75, 3.05) is 14.2 Å². The van der Waals surface area contributed by atoms with Gasteiger partial charge in [0.1, 0.15) is 22.3 Å². The minimum atomic E-state index is -0.705. The van der Waals surface area contributed by atoms with Crippen LogP contribution in [0.4, 0.5) is 4.39 Å². The predicted octanol–water partition coefficient (Wildman–Crippen LogP) is 5.13. The summed E-state index contributed by atoms with van der Waals surface area (Å²) in [6, 6.07) is 8.33. The highest BCUT2D eigenvalue weighted by atomic mass is 35.5. The lowest BCUT2D eigenvalue weighted by atomic mass is 10.0. The quantitative estimate of drug-likeness (QED) is 0.724. The van der Waals surface area contributed by atoms with Crippen molar-refractivity contribution in [1.82, 2.24) is 0 Å². The molecule has 0 fully saturated rings. The second-order valence-electron chi connectivity index (χ2n) is 4.59. The molecule has 0 saturated heterocycles. The molecule has 0 aliphatic heterocycles. The van der Waals surface area contributed by atoms with E-state index in [2.05, 4.69) is 0 Å². The van der Waals surface area contributed by atoms with E-state index in [1.54, 1.807) is 18.2 Å². The van der Waals surface area contributed by atoms with E-state index in [-0.39, 0.29) is 5.82 Å². The second-order valence-corrected chi connectivity index (χ2v) is 5.41. The topological polar surface area (TPSA) is 18.5 Å². The van der Waals surface area contributed by atoms with Crippen molar-refractivity contribution in [3.63, 3.8) is 0 Å². The number of aryl methyl sites for hydroxylation is 1. The van der Waals surface area contributed by atoms with Crippen molar-refractivity contribution in [2.24, 2.45) is 0 Å². The Bertz CT molecular complexity index is 659. The lowest BCUT2D eigenvalue weighted by molar-refractivity contribution is 0.391. The smallest absolute Gasteiger partial charge is 0.146 e. The molecule has 0 bridgehead atoms. The molecule has 0 aliphatic rings. The zero-order valence-electron chi connectivity index (χ0n) is 11.9. The van der Waals surface area contributed by atoms with Gasteiger partial charge in [-0.15, -0.1) is 11.6 Å². The van der Waals surface area contributed by atoms with Crippen LogP contribution in [-0.2, 0) is 0 Å². The summed E-state index contributed by atoms with van der Waals surface area (Å²) in [6.45, 7) is 1.82. The van der Waals surface area contributed by atoms with Gasteiger partial charge in [0.15, 0.2) is 0 Å². The largest absolute Gasteiger partial charge is 0.495 e. The standard InChI is InChI=1S/C16H15Cl2FO2/c1-9-4-5-10(12(19)8-9)14(17)11-6-7-13(20-2)15(18)16(11)21-3/h4-8,14H,1-3H3. The van der Waals surface area contributed by atoms with E-state index in [0.717, 1.165) is 5.56 Å². The molecule has 0 amide bonds. The van der Waals surface area contributed by atoms with E-state index in [1.807, 2.05) is 13.0 Å². The maximum Gasteiger partial charge on any atom is 0.146 e. The highest BCUT2D eigenvalue weighted by molar-refractivity contribution is 6.34. The zero-order chi connectivity index (χ0) is 15.6. The number of benzene rings is 2. The highest BCUT2D eigenvalue weighted by Crippen LogP contribution is 2.43. The van der Waals surface area contributed by atoms with E-state index in [0.29, 0.717) is 27.6 Å². The fraction of sp³-hybridized carbons (Fsp3) is 0.250. The minimum Gasteiger partial charge on any atom is -0.495 e. The van der Waals surface area contributed by atoms with Crippen LogP contribution in [0.5, 0.6) is 11.5 Å². The third kappa shape index (κ3) is 3.09. The summed E-state index contributed by atoms with van der Waals surface area (Å²) < 4.78 is 24.5. The number of ether oxygens (including phenoxy) is 2. The second kappa shape index (κ2) is 6.54. The molecule has 2 aromatic carbocycles. The van der Waals surface area contributed by atoms with Crippen LogP contribution in [0.25, 0.3) is 0 Å². The average molecular weight is 329 g/mol. The van der Waals surface area contributed by atoms with Gasteiger partial charge in [0.2, 0.25) is 0 Å². The Morgan fingerprint density at radius 2 is 1.71 bits per heavy atom. The first-order chi connectivity index (χ1) is 9.99. The lowest BCUT2D eigenvalue weighted by Gasteiger charge is -2.17. The number of hydrogen-bond acceptors (Lipinski definition) is 2. The average Bonchev–Trinajstić information content (AvgIpc) is 2.46. The number of halogens is 3. The maximum atomic E-state index is 14.1. The summed E-state index contributed by atoms with van der Waals surface area (Å²) in [5.41, 5.74) is 1.80. The molecule has 5 heteroatoms. The monoisotopic (exact) mass is 328 g/mol. The van der Waals surface area contributed by atoms with Crippen molar-refractivity contribution in [1.29, 1.82) is 0 Å². The van der Waals surface area contributed by atoms with Crippen LogP contribution in [0.15, 0.2) is 30.3 Å².